The second-order valence-electron chi connectivity index (χ2n) is 3.55. The van der Waals surface area contributed by atoms with Gasteiger partial charge in [0.1, 0.15) is 17.4 Å². The zero-order valence-electron chi connectivity index (χ0n) is 9.31. The lowest BCUT2D eigenvalue weighted by atomic mass is 10.1. The molecule has 0 unspecified atom stereocenters. The highest BCUT2D eigenvalue weighted by Crippen LogP contribution is 2.47. The van der Waals surface area contributed by atoms with Crippen LogP contribution in [0, 0.1) is 0 Å². The number of furan rings is 2. The summed E-state index contributed by atoms with van der Waals surface area (Å²) in [6, 6.07) is 1.75. The number of hydrogen-bond donors (Lipinski definition) is 1. The Morgan fingerprint density at radius 3 is 2.53 bits per heavy atom. The van der Waals surface area contributed by atoms with Crippen molar-refractivity contribution in [3.63, 3.8) is 0 Å². The molecule has 0 spiro atoms. The summed E-state index contributed by atoms with van der Waals surface area (Å²) in [5, 5.41) is 11.0. The first-order valence-electron chi connectivity index (χ1n) is 4.99. The minimum absolute atomic E-state index is 0.0123. The Labute approximate surface area is 96.1 Å². The van der Waals surface area contributed by atoms with Crippen LogP contribution in [-0.4, -0.2) is 19.3 Å². The molecule has 17 heavy (non-hydrogen) atoms. The Kier molecular flexibility index (Phi) is 1.95. The van der Waals surface area contributed by atoms with E-state index in [0.29, 0.717) is 28.1 Å². The topological polar surface area (TPSA) is 65.0 Å². The van der Waals surface area contributed by atoms with Crippen molar-refractivity contribution in [1.29, 1.82) is 0 Å². The van der Waals surface area contributed by atoms with Crippen LogP contribution in [0.4, 0.5) is 0 Å². The highest BCUT2D eigenvalue weighted by Gasteiger charge is 2.22. The zero-order valence-corrected chi connectivity index (χ0v) is 9.31. The first kappa shape index (κ1) is 9.89. The third-order valence-electron chi connectivity index (χ3n) is 2.73. The Bertz CT molecular complexity index is 692. The van der Waals surface area contributed by atoms with Crippen LogP contribution in [0.15, 0.2) is 27.4 Å². The van der Waals surface area contributed by atoms with Crippen LogP contribution in [0.3, 0.4) is 0 Å². The average molecular weight is 234 g/mol. The number of rotatable bonds is 2. The molecule has 5 heteroatoms. The molecule has 2 heterocycles. The summed E-state index contributed by atoms with van der Waals surface area (Å²) >= 11 is 0. The van der Waals surface area contributed by atoms with Gasteiger partial charge < -0.3 is 23.4 Å². The van der Waals surface area contributed by atoms with Crippen LogP contribution >= 0.6 is 0 Å². The first-order chi connectivity index (χ1) is 8.27. The molecule has 0 radical (unpaired) electrons. The summed E-state index contributed by atoms with van der Waals surface area (Å²) in [6.45, 7) is 0. The van der Waals surface area contributed by atoms with Gasteiger partial charge in [-0.15, -0.1) is 0 Å². The maximum Gasteiger partial charge on any atom is 0.206 e. The number of hydrogen-bond acceptors (Lipinski definition) is 5. The van der Waals surface area contributed by atoms with E-state index >= 15 is 0 Å². The van der Waals surface area contributed by atoms with Gasteiger partial charge in [-0.05, 0) is 6.07 Å². The van der Waals surface area contributed by atoms with Crippen molar-refractivity contribution in [3.8, 4) is 17.2 Å². The SMILES string of the molecule is COc1c2occc2c(OC)c2c(O)coc12. The maximum absolute atomic E-state index is 9.78. The summed E-state index contributed by atoms with van der Waals surface area (Å²) in [6.07, 6.45) is 2.78. The van der Waals surface area contributed by atoms with E-state index in [1.807, 2.05) is 0 Å². The minimum Gasteiger partial charge on any atom is -0.504 e. The van der Waals surface area contributed by atoms with Gasteiger partial charge in [0.25, 0.3) is 0 Å². The molecule has 1 aromatic carbocycles. The summed E-state index contributed by atoms with van der Waals surface area (Å²) in [7, 11) is 3.04. The van der Waals surface area contributed by atoms with E-state index < -0.39 is 0 Å². The summed E-state index contributed by atoms with van der Waals surface area (Å²) in [5.41, 5.74) is 0.940. The molecular weight excluding hydrogens is 224 g/mol. The number of fused-ring (bicyclic) bond motifs is 2. The molecule has 88 valence electrons. The van der Waals surface area contributed by atoms with Crippen LogP contribution < -0.4 is 9.47 Å². The number of aromatic hydroxyl groups is 1. The molecule has 0 saturated heterocycles. The predicted octanol–water partition coefficient (Wildman–Crippen LogP) is 2.90. The van der Waals surface area contributed by atoms with Crippen molar-refractivity contribution in [3.05, 3.63) is 18.6 Å². The van der Waals surface area contributed by atoms with Crippen molar-refractivity contribution < 1.29 is 23.4 Å². The molecule has 3 rings (SSSR count). The fourth-order valence-electron chi connectivity index (χ4n) is 2.03. The molecule has 0 atom stereocenters. The summed E-state index contributed by atoms with van der Waals surface area (Å²) in [5.74, 6) is 0.968. The molecule has 0 aliphatic carbocycles. The van der Waals surface area contributed by atoms with Gasteiger partial charge in [0, 0.05) is 0 Å². The van der Waals surface area contributed by atoms with Crippen LogP contribution in [0.1, 0.15) is 0 Å². The Balaban J connectivity index is 2.62. The number of ether oxygens (including phenoxy) is 2. The van der Waals surface area contributed by atoms with Crippen LogP contribution in [0.25, 0.3) is 21.9 Å². The molecular formula is C12H10O5. The van der Waals surface area contributed by atoms with E-state index in [1.54, 1.807) is 6.07 Å². The van der Waals surface area contributed by atoms with E-state index in [2.05, 4.69) is 0 Å². The van der Waals surface area contributed by atoms with E-state index in [1.165, 1.54) is 26.7 Å². The lowest BCUT2D eigenvalue weighted by Gasteiger charge is -2.07. The van der Waals surface area contributed by atoms with Gasteiger partial charge in [0.15, 0.2) is 16.9 Å². The third kappa shape index (κ3) is 1.13. The van der Waals surface area contributed by atoms with Gasteiger partial charge >= 0.3 is 0 Å². The van der Waals surface area contributed by atoms with Gasteiger partial charge in [-0.25, -0.2) is 0 Å². The summed E-state index contributed by atoms with van der Waals surface area (Å²) < 4.78 is 21.2. The molecule has 0 aliphatic rings. The molecule has 0 amide bonds. The van der Waals surface area contributed by atoms with Crippen molar-refractivity contribution in [2.45, 2.75) is 0 Å². The van der Waals surface area contributed by atoms with E-state index in [0.717, 1.165) is 5.39 Å². The molecule has 3 aromatic rings. The quantitative estimate of drug-likeness (QED) is 0.738. The lowest BCUT2D eigenvalue weighted by molar-refractivity contribution is 0.402. The Morgan fingerprint density at radius 1 is 1.06 bits per heavy atom. The van der Waals surface area contributed by atoms with E-state index in [-0.39, 0.29) is 5.75 Å². The smallest absolute Gasteiger partial charge is 0.206 e. The number of benzene rings is 1. The minimum atomic E-state index is 0.0123. The van der Waals surface area contributed by atoms with Crippen molar-refractivity contribution in [2.24, 2.45) is 0 Å². The predicted molar refractivity (Wildman–Crippen MR) is 60.8 cm³/mol. The average Bonchev–Trinajstić information content (AvgIpc) is 2.94. The first-order valence-corrected chi connectivity index (χ1v) is 4.99. The third-order valence-corrected chi connectivity index (χ3v) is 2.73. The normalized spacial score (nSPS) is 11.2. The van der Waals surface area contributed by atoms with Gasteiger partial charge in [-0.1, -0.05) is 0 Å². The maximum atomic E-state index is 9.78. The highest BCUT2D eigenvalue weighted by atomic mass is 16.5. The molecule has 0 fully saturated rings. The molecule has 2 aromatic heterocycles. The van der Waals surface area contributed by atoms with Gasteiger partial charge in [0.2, 0.25) is 5.75 Å². The number of methoxy groups -OCH3 is 2. The molecule has 0 bridgehead atoms. The van der Waals surface area contributed by atoms with Crippen LogP contribution in [0.5, 0.6) is 17.2 Å². The second-order valence-corrected chi connectivity index (χ2v) is 3.55. The van der Waals surface area contributed by atoms with Crippen molar-refractivity contribution in [1.82, 2.24) is 0 Å². The van der Waals surface area contributed by atoms with Crippen molar-refractivity contribution >= 4 is 21.9 Å². The molecule has 0 saturated carbocycles. The molecule has 1 N–H and O–H groups in total. The van der Waals surface area contributed by atoms with Crippen LogP contribution in [-0.2, 0) is 0 Å². The van der Waals surface area contributed by atoms with Gasteiger partial charge in [0.05, 0.1) is 25.9 Å². The Hall–Kier alpha value is -2.30. The summed E-state index contributed by atoms with van der Waals surface area (Å²) in [4.78, 5) is 0. The zero-order chi connectivity index (χ0) is 12.0. The second kappa shape index (κ2) is 3.35. The Morgan fingerprint density at radius 2 is 1.82 bits per heavy atom. The molecule has 5 nitrogen and oxygen atoms in total. The molecule has 0 aliphatic heterocycles. The van der Waals surface area contributed by atoms with E-state index in [4.69, 9.17) is 18.3 Å². The monoisotopic (exact) mass is 234 g/mol. The van der Waals surface area contributed by atoms with Gasteiger partial charge in [-0.2, -0.15) is 0 Å². The highest BCUT2D eigenvalue weighted by molar-refractivity contribution is 6.09. The fraction of sp³-hybridized carbons (Fsp3) is 0.167. The lowest BCUT2D eigenvalue weighted by Crippen LogP contribution is -1.89. The van der Waals surface area contributed by atoms with E-state index in [9.17, 15) is 5.11 Å². The fourth-order valence-corrected chi connectivity index (χ4v) is 2.03. The van der Waals surface area contributed by atoms with Gasteiger partial charge in [-0.3, -0.25) is 0 Å². The largest absolute Gasteiger partial charge is 0.504 e. The van der Waals surface area contributed by atoms with Crippen LogP contribution in [0.2, 0.25) is 0 Å². The van der Waals surface area contributed by atoms with Crippen molar-refractivity contribution in [2.75, 3.05) is 14.2 Å². The standard InChI is InChI=1S/C12H10O5/c1-14-9-6-3-4-16-10(6)12(15-2)11-8(9)7(13)5-17-11/h3-5,13H,1-2H3.